The highest BCUT2D eigenvalue weighted by atomic mass is 16.6. The first-order chi connectivity index (χ1) is 18.1. The first kappa shape index (κ1) is 32.0. The van der Waals surface area contributed by atoms with Crippen LogP contribution in [-0.2, 0) is 30.5 Å². The number of hydrogen-bond acceptors (Lipinski definition) is 8. The van der Waals surface area contributed by atoms with Crippen molar-refractivity contribution < 1.29 is 38.9 Å². The minimum absolute atomic E-state index is 0.0476. The Morgan fingerprint density at radius 3 is 2.21 bits per heavy atom. The van der Waals surface area contributed by atoms with Gasteiger partial charge in [0.25, 0.3) is 0 Å². The van der Waals surface area contributed by atoms with E-state index in [1.54, 1.807) is 34.6 Å². The topological polar surface area (TPSA) is 172 Å². The van der Waals surface area contributed by atoms with E-state index in [0.29, 0.717) is 6.61 Å². The maximum absolute atomic E-state index is 12.5. The molecule has 2 fully saturated rings. The summed E-state index contributed by atoms with van der Waals surface area (Å²) in [4.78, 5) is 50.5. The van der Waals surface area contributed by atoms with Gasteiger partial charge >= 0.3 is 12.1 Å². The lowest BCUT2D eigenvalue weighted by Crippen LogP contribution is -2.81. The van der Waals surface area contributed by atoms with Gasteiger partial charge < -0.3 is 40.5 Å². The summed E-state index contributed by atoms with van der Waals surface area (Å²) in [7, 11) is 0. The van der Waals surface area contributed by atoms with E-state index in [2.05, 4.69) is 5.32 Å². The summed E-state index contributed by atoms with van der Waals surface area (Å²) >= 11 is 0. The van der Waals surface area contributed by atoms with Crippen LogP contribution < -0.4 is 11.1 Å². The van der Waals surface area contributed by atoms with Crippen molar-refractivity contribution in [3.8, 4) is 0 Å². The molecule has 0 aliphatic carbocycles. The lowest BCUT2D eigenvalue weighted by molar-refractivity contribution is -0.163. The molecule has 1 unspecified atom stereocenters. The molecule has 3 rings (SSSR count). The van der Waals surface area contributed by atoms with Gasteiger partial charge in [0.15, 0.2) is 5.54 Å². The van der Waals surface area contributed by atoms with Crippen molar-refractivity contribution >= 4 is 23.9 Å². The van der Waals surface area contributed by atoms with Crippen LogP contribution in [0.25, 0.3) is 0 Å². The first-order valence-electron chi connectivity index (χ1n) is 13.0. The molecule has 5 atom stereocenters. The van der Waals surface area contributed by atoms with Crippen LogP contribution in [0.5, 0.6) is 0 Å². The van der Waals surface area contributed by atoms with E-state index >= 15 is 0 Å². The van der Waals surface area contributed by atoms with E-state index in [1.807, 2.05) is 30.3 Å². The van der Waals surface area contributed by atoms with Gasteiger partial charge in [-0.15, -0.1) is 0 Å². The lowest BCUT2D eigenvalue weighted by atomic mass is 9.85. The molecule has 12 nitrogen and oxygen atoms in total. The predicted octanol–water partition coefficient (Wildman–Crippen LogP) is 0.955. The number of aliphatic hydroxyl groups excluding tert-OH is 1. The van der Waals surface area contributed by atoms with Crippen molar-refractivity contribution in [2.24, 2.45) is 11.7 Å². The van der Waals surface area contributed by atoms with E-state index < -0.39 is 47.2 Å². The Balaban J connectivity index is 0.000000306. The predicted molar refractivity (Wildman–Crippen MR) is 142 cm³/mol. The molecule has 3 amide bonds. The Morgan fingerprint density at radius 1 is 1.13 bits per heavy atom. The number of carboxylic acids is 1. The Labute approximate surface area is 229 Å². The normalized spacial score (nSPS) is 21.9. The first-order valence-corrected chi connectivity index (χ1v) is 13.0. The van der Waals surface area contributed by atoms with Gasteiger partial charge in [-0.2, -0.15) is 0 Å². The van der Waals surface area contributed by atoms with Crippen LogP contribution in [0.1, 0.15) is 47.1 Å². The number of aliphatic hydroxyl groups is 1. The number of carbonyl (C=O) groups is 4. The number of benzene rings is 1. The summed E-state index contributed by atoms with van der Waals surface area (Å²) < 4.78 is 10.8. The highest BCUT2D eigenvalue weighted by Crippen LogP contribution is 2.29. The van der Waals surface area contributed by atoms with Gasteiger partial charge in [0, 0.05) is 13.1 Å². The highest BCUT2D eigenvalue weighted by Gasteiger charge is 2.57. The molecule has 0 aromatic heterocycles. The average Bonchev–Trinajstić information content (AvgIpc) is 2.88. The van der Waals surface area contributed by atoms with Crippen molar-refractivity contribution in [1.29, 1.82) is 0 Å². The number of β-lactam (4-membered cyclic amide) rings is 1. The molecule has 0 radical (unpaired) electrons. The van der Waals surface area contributed by atoms with E-state index in [-0.39, 0.29) is 38.2 Å². The Kier molecular flexibility index (Phi) is 10.8. The zero-order valence-electron chi connectivity index (χ0n) is 23.5. The largest absolute Gasteiger partial charge is 0.481 e. The molecule has 0 saturated carbocycles. The van der Waals surface area contributed by atoms with Crippen molar-refractivity contribution in [3.05, 3.63) is 35.9 Å². The summed E-state index contributed by atoms with van der Waals surface area (Å²) in [6.45, 7) is 11.3. The third-order valence-electron chi connectivity index (χ3n) is 6.70. The number of carbonyl (C=O) groups excluding carboxylic acids is 3. The third kappa shape index (κ3) is 8.38. The van der Waals surface area contributed by atoms with Crippen molar-refractivity contribution in [3.63, 3.8) is 0 Å². The number of ether oxygens (including phenoxy) is 2. The molecule has 218 valence electrons. The van der Waals surface area contributed by atoms with Crippen LogP contribution in [0.3, 0.4) is 0 Å². The number of nitrogens with two attached hydrogens (primary N) is 1. The Bertz CT molecular complexity index is 1010. The molecule has 2 heterocycles. The standard InChI is InChI=1S/C15H26N4O5.C12H16O3/c1-9(20)10(16)11(21)19-6-5-18(13(23)24-14(2,3)4)8-15(19)7-17-12(15)22;1-9(12(13)14)10(2)15-8-11-6-4-3-5-7-11/h9-10,20H,5-8,16H2,1-4H3,(H,17,22);3-7,9-10H,8H2,1-2H3,(H,13,14)/t9-,10+,15?;9-,10+/m10/s1. The minimum atomic E-state index is -1.14. The van der Waals surface area contributed by atoms with Crippen molar-refractivity contribution in [2.45, 2.75) is 77.5 Å². The maximum Gasteiger partial charge on any atom is 0.410 e. The Hall–Kier alpha value is -3.22. The van der Waals surface area contributed by atoms with E-state index in [4.69, 9.17) is 20.3 Å². The van der Waals surface area contributed by atoms with Gasteiger partial charge in [0.2, 0.25) is 11.8 Å². The number of nitrogens with zero attached hydrogens (tertiary/aromatic N) is 2. The summed E-state index contributed by atoms with van der Waals surface area (Å²) in [6, 6.07) is 8.61. The number of aliphatic carboxylic acids is 1. The van der Waals surface area contributed by atoms with Gasteiger partial charge in [-0.25, -0.2) is 4.79 Å². The smallest absolute Gasteiger partial charge is 0.410 e. The fraction of sp³-hybridized carbons (Fsp3) is 0.630. The maximum atomic E-state index is 12.5. The van der Waals surface area contributed by atoms with E-state index in [0.717, 1.165) is 5.56 Å². The lowest BCUT2D eigenvalue weighted by Gasteiger charge is -2.54. The summed E-state index contributed by atoms with van der Waals surface area (Å²) in [5.41, 5.74) is 5.01. The molecule has 1 aromatic carbocycles. The van der Waals surface area contributed by atoms with E-state index in [9.17, 15) is 24.3 Å². The summed E-state index contributed by atoms with van der Waals surface area (Å²) in [5.74, 6) is -2.13. The number of piperazine rings is 1. The highest BCUT2D eigenvalue weighted by molar-refractivity contribution is 5.98. The van der Waals surface area contributed by atoms with Crippen LogP contribution in [0, 0.1) is 5.92 Å². The molecule has 2 aliphatic heterocycles. The summed E-state index contributed by atoms with van der Waals surface area (Å²) in [5, 5.41) is 20.9. The molecular weight excluding hydrogens is 508 g/mol. The number of carboxylic acid groups (broad SMARTS) is 1. The second kappa shape index (κ2) is 13.2. The SMILES string of the molecule is C[C@@H](O)[C@H](N)C(=O)N1CCN(C(=O)OC(C)(C)C)CC12CNC2=O.C[C@H](C(=O)O)[C@@H](C)OCc1ccccc1. The molecule has 12 heteroatoms. The molecule has 1 aromatic rings. The second-order valence-corrected chi connectivity index (χ2v) is 11.0. The van der Waals surface area contributed by atoms with Gasteiger partial charge in [0.05, 0.1) is 37.8 Å². The average molecular weight is 551 g/mol. The van der Waals surface area contributed by atoms with Crippen molar-refractivity contribution in [2.75, 3.05) is 26.2 Å². The molecule has 2 aliphatic rings. The quantitative estimate of drug-likeness (QED) is 0.361. The van der Waals surface area contributed by atoms with Crippen molar-refractivity contribution in [1.82, 2.24) is 15.1 Å². The number of hydrogen-bond donors (Lipinski definition) is 4. The molecule has 39 heavy (non-hydrogen) atoms. The molecular formula is C27H42N4O8. The van der Waals surface area contributed by atoms with Crippen LogP contribution >= 0.6 is 0 Å². The summed E-state index contributed by atoms with van der Waals surface area (Å²) in [6.07, 6.45) is -1.82. The van der Waals surface area contributed by atoms with Crippen LogP contribution in [-0.4, -0.2) is 99.5 Å². The fourth-order valence-electron chi connectivity index (χ4n) is 3.96. The number of amides is 3. The molecule has 1 spiro atoms. The van der Waals surface area contributed by atoms with Crippen LogP contribution in [0.15, 0.2) is 30.3 Å². The molecule has 2 saturated heterocycles. The fourth-order valence-corrected chi connectivity index (χ4v) is 3.96. The molecule has 0 bridgehead atoms. The monoisotopic (exact) mass is 550 g/mol. The zero-order valence-corrected chi connectivity index (χ0v) is 23.5. The van der Waals surface area contributed by atoms with Gasteiger partial charge in [-0.1, -0.05) is 30.3 Å². The van der Waals surface area contributed by atoms with Gasteiger partial charge in [-0.05, 0) is 47.1 Å². The molecule has 5 N–H and O–H groups in total. The Morgan fingerprint density at radius 2 is 1.74 bits per heavy atom. The zero-order chi connectivity index (χ0) is 29.5. The van der Waals surface area contributed by atoms with Crippen LogP contribution in [0.4, 0.5) is 4.79 Å². The van der Waals surface area contributed by atoms with Gasteiger partial charge in [0.1, 0.15) is 11.6 Å². The third-order valence-corrected chi connectivity index (χ3v) is 6.70. The van der Waals surface area contributed by atoms with Gasteiger partial charge in [-0.3, -0.25) is 14.4 Å². The van der Waals surface area contributed by atoms with Crippen LogP contribution in [0.2, 0.25) is 0 Å². The van der Waals surface area contributed by atoms with E-state index in [1.165, 1.54) is 16.7 Å². The number of nitrogens with one attached hydrogen (secondary N) is 1. The minimum Gasteiger partial charge on any atom is -0.481 e. The second-order valence-electron chi connectivity index (χ2n) is 11.0. The number of rotatable bonds is 7.